The SMILES string of the molecule is O=C(O)CCC(NC(=O)OCC1c2ccccc2-c2ccccc21)C(=O)N1CCCNCC1. The van der Waals surface area contributed by atoms with Crippen molar-refractivity contribution in [2.45, 2.75) is 31.2 Å². The van der Waals surface area contributed by atoms with Gasteiger partial charge in [0.1, 0.15) is 12.6 Å². The van der Waals surface area contributed by atoms with Crippen LogP contribution in [0, 0.1) is 0 Å². The van der Waals surface area contributed by atoms with E-state index in [9.17, 15) is 14.4 Å². The van der Waals surface area contributed by atoms with E-state index in [1.807, 2.05) is 36.4 Å². The van der Waals surface area contributed by atoms with Gasteiger partial charge in [-0.15, -0.1) is 0 Å². The number of carbonyl (C=O) groups is 3. The zero-order chi connectivity index (χ0) is 23.2. The van der Waals surface area contributed by atoms with Crippen LogP contribution in [0.25, 0.3) is 11.1 Å². The fraction of sp³-hybridized carbons (Fsp3) is 0.400. The second-order valence-electron chi connectivity index (χ2n) is 8.38. The molecule has 2 amide bonds. The molecule has 2 aromatic carbocycles. The van der Waals surface area contributed by atoms with Crippen LogP contribution in [-0.2, 0) is 14.3 Å². The van der Waals surface area contributed by atoms with Crippen LogP contribution in [0.3, 0.4) is 0 Å². The molecule has 1 aliphatic carbocycles. The fourth-order valence-electron chi connectivity index (χ4n) is 4.59. The molecule has 0 saturated carbocycles. The Bertz CT molecular complexity index is 971. The number of benzene rings is 2. The minimum atomic E-state index is -1.01. The van der Waals surface area contributed by atoms with Crippen LogP contribution in [0.1, 0.15) is 36.3 Å². The van der Waals surface area contributed by atoms with Gasteiger partial charge in [-0.05, 0) is 41.6 Å². The number of hydrogen-bond acceptors (Lipinski definition) is 5. The van der Waals surface area contributed by atoms with Gasteiger partial charge in [0.15, 0.2) is 0 Å². The predicted octanol–water partition coefficient (Wildman–Crippen LogP) is 2.58. The minimum Gasteiger partial charge on any atom is -0.481 e. The molecule has 1 aliphatic heterocycles. The van der Waals surface area contributed by atoms with E-state index >= 15 is 0 Å². The van der Waals surface area contributed by atoms with Crippen molar-refractivity contribution in [2.75, 3.05) is 32.8 Å². The van der Waals surface area contributed by atoms with Gasteiger partial charge in [-0.25, -0.2) is 4.79 Å². The average molecular weight is 452 g/mol. The van der Waals surface area contributed by atoms with Crippen molar-refractivity contribution >= 4 is 18.0 Å². The van der Waals surface area contributed by atoms with Crippen LogP contribution in [0.15, 0.2) is 48.5 Å². The Kier molecular flexibility index (Phi) is 7.24. The first-order valence-corrected chi connectivity index (χ1v) is 11.4. The molecule has 1 saturated heterocycles. The molecule has 1 fully saturated rings. The summed E-state index contributed by atoms with van der Waals surface area (Å²) in [6.07, 6.45) is -0.106. The summed E-state index contributed by atoms with van der Waals surface area (Å²) >= 11 is 0. The van der Waals surface area contributed by atoms with Crippen LogP contribution in [0.5, 0.6) is 0 Å². The quantitative estimate of drug-likeness (QED) is 0.597. The number of amides is 2. The van der Waals surface area contributed by atoms with Crippen molar-refractivity contribution in [3.63, 3.8) is 0 Å². The van der Waals surface area contributed by atoms with E-state index in [2.05, 4.69) is 22.8 Å². The highest BCUT2D eigenvalue weighted by atomic mass is 16.5. The number of carbonyl (C=O) groups excluding carboxylic acids is 2. The van der Waals surface area contributed by atoms with Gasteiger partial charge in [0, 0.05) is 32.0 Å². The Morgan fingerprint density at radius 1 is 1.03 bits per heavy atom. The highest BCUT2D eigenvalue weighted by molar-refractivity contribution is 5.86. The topological polar surface area (TPSA) is 108 Å². The zero-order valence-corrected chi connectivity index (χ0v) is 18.5. The van der Waals surface area contributed by atoms with Gasteiger partial charge in [0.25, 0.3) is 0 Å². The van der Waals surface area contributed by atoms with E-state index in [1.54, 1.807) is 4.90 Å². The number of carboxylic acids is 1. The molecule has 33 heavy (non-hydrogen) atoms. The van der Waals surface area contributed by atoms with E-state index in [-0.39, 0.29) is 31.3 Å². The van der Waals surface area contributed by atoms with Gasteiger partial charge in [-0.3, -0.25) is 9.59 Å². The highest BCUT2D eigenvalue weighted by Crippen LogP contribution is 2.44. The van der Waals surface area contributed by atoms with E-state index in [4.69, 9.17) is 9.84 Å². The number of fused-ring (bicyclic) bond motifs is 3. The number of aliphatic carboxylic acids is 1. The van der Waals surface area contributed by atoms with Gasteiger partial charge in [-0.1, -0.05) is 48.5 Å². The van der Waals surface area contributed by atoms with Crippen LogP contribution in [0.2, 0.25) is 0 Å². The molecular formula is C25H29N3O5. The second-order valence-corrected chi connectivity index (χ2v) is 8.38. The van der Waals surface area contributed by atoms with Crippen LogP contribution in [0.4, 0.5) is 4.79 Å². The smallest absolute Gasteiger partial charge is 0.407 e. The average Bonchev–Trinajstić information content (AvgIpc) is 2.95. The number of nitrogens with one attached hydrogen (secondary N) is 2. The predicted molar refractivity (Wildman–Crippen MR) is 123 cm³/mol. The van der Waals surface area contributed by atoms with Crippen molar-refractivity contribution in [3.05, 3.63) is 59.7 Å². The third-order valence-corrected chi connectivity index (χ3v) is 6.23. The molecule has 1 heterocycles. The Morgan fingerprint density at radius 3 is 2.36 bits per heavy atom. The first-order chi connectivity index (χ1) is 16.0. The lowest BCUT2D eigenvalue weighted by atomic mass is 9.98. The monoisotopic (exact) mass is 451 g/mol. The molecule has 0 bridgehead atoms. The lowest BCUT2D eigenvalue weighted by Gasteiger charge is -2.26. The van der Waals surface area contributed by atoms with Crippen molar-refractivity contribution in [1.82, 2.24) is 15.5 Å². The van der Waals surface area contributed by atoms with Gasteiger partial charge in [0.05, 0.1) is 0 Å². The van der Waals surface area contributed by atoms with E-state index in [0.29, 0.717) is 19.6 Å². The molecule has 1 atom stereocenters. The van der Waals surface area contributed by atoms with Gasteiger partial charge < -0.3 is 25.4 Å². The van der Waals surface area contributed by atoms with Crippen molar-refractivity contribution in [3.8, 4) is 11.1 Å². The number of hydrogen-bond donors (Lipinski definition) is 3. The Labute approximate surface area is 192 Å². The molecule has 2 aromatic rings. The van der Waals surface area contributed by atoms with Crippen LogP contribution >= 0.6 is 0 Å². The lowest BCUT2D eigenvalue weighted by molar-refractivity contribution is -0.138. The lowest BCUT2D eigenvalue weighted by Crippen LogP contribution is -2.49. The summed E-state index contributed by atoms with van der Waals surface area (Å²) in [5.74, 6) is -1.37. The number of rotatable bonds is 7. The summed E-state index contributed by atoms with van der Waals surface area (Å²) < 4.78 is 5.56. The standard InChI is InChI=1S/C25H29N3O5/c29-23(30)11-10-22(24(31)28-14-5-12-26-13-15-28)27-25(32)33-16-21-19-8-3-1-6-17(19)18-7-2-4-9-20(18)21/h1-4,6-9,21-22,26H,5,10-16H2,(H,27,32)(H,29,30). The maximum absolute atomic E-state index is 13.0. The summed E-state index contributed by atoms with van der Waals surface area (Å²) in [5, 5.41) is 14.9. The van der Waals surface area contributed by atoms with Crippen molar-refractivity contribution in [2.24, 2.45) is 0 Å². The molecule has 0 radical (unpaired) electrons. The summed E-state index contributed by atoms with van der Waals surface area (Å²) in [7, 11) is 0. The normalized spacial score (nSPS) is 16.3. The molecule has 0 spiro atoms. The number of alkyl carbamates (subject to hydrolysis) is 1. The third kappa shape index (κ3) is 5.34. The molecule has 4 rings (SSSR count). The molecule has 174 valence electrons. The molecule has 3 N–H and O–H groups in total. The molecule has 2 aliphatic rings. The maximum Gasteiger partial charge on any atom is 0.407 e. The summed E-state index contributed by atoms with van der Waals surface area (Å²) in [6.45, 7) is 2.72. The largest absolute Gasteiger partial charge is 0.481 e. The van der Waals surface area contributed by atoms with Crippen molar-refractivity contribution in [1.29, 1.82) is 0 Å². The van der Waals surface area contributed by atoms with Crippen LogP contribution in [-0.4, -0.2) is 66.8 Å². The molecular weight excluding hydrogens is 422 g/mol. The van der Waals surface area contributed by atoms with Gasteiger partial charge >= 0.3 is 12.1 Å². The van der Waals surface area contributed by atoms with E-state index in [1.165, 1.54) is 0 Å². The zero-order valence-electron chi connectivity index (χ0n) is 18.5. The van der Waals surface area contributed by atoms with E-state index < -0.39 is 18.1 Å². The summed E-state index contributed by atoms with van der Waals surface area (Å²) in [6, 6.07) is 15.2. The first-order valence-electron chi connectivity index (χ1n) is 11.4. The Hall–Kier alpha value is -3.39. The molecule has 8 heteroatoms. The molecule has 0 aromatic heterocycles. The Balaban J connectivity index is 1.42. The van der Waals surface area contributed by atoms with Crippen molar-refractivity contribution < 1.29 is 24.2 Å². The van der Waals surface area contributed by atoms with Crippen LogP contribution < -0.4 is 10.6 Å². The number of ether oxygens (including phenoxy) is 1. The highest BCUT2D eigenvalue weighted by Gasteiger charge is 2.31. The van der Waals surface area contributed by atoms with Gasteiger partial charge in [-0.2, -0.15) is 0 Å². The fourth-order valence-corrected chi connectivity index (χ4v) is 4.59. The number of nitrogens with zero attached hydrogens (tertiary/aromatic N) is 1. The second kappa shape index (κ2) is 10.5. The summed E-state index contributed by atoms with van der Waals surface area (Å²) in [4.78, 5) is 38.5. The Morgan fingerprint density at radius 2 is 1.70 bits per heavy atom. The maximum atomic E-state index is 13.0. The molecule has 8 nitrogen and oxygen atoms in total. The molecule has 1 unspecified atom stereocenters. The first kappa shape index (κ1) is 22.8. The number of carboxylic acid groups (broad SMARTS) is 1. The minimum absolute atomic E-state index is 0.0162. The van der Waals surface area contributed by atoms with Gasteiger partial charge in [0.2, 0.25) is 5.91 Å². The van der Waals surface area contributed by atoms with E-state index in [0.717, 1.165) is 35.2 Å². The summed E-state index contributed by atoms with van der Waals surface area (Å²) in [5.41, 5.74) is 4.46. The third-order valence-electron chi connectivity index (χ3n) is 6.23.